The Bertz CT molecular complexity index is 452. The molecule has 70 valence electrons. The lowest BCUT2D eigenvalue weighted by molar-refractivity contribution is 0.0652. The van der Waals surface area contributed by atoms with Gasteiger partial charge in [0, 0.05) is 11.6 Å². The number of carboxylic acid groups (broad SMARTS) is 1. The molecule has 0 aliphatic heterocycles. The fourth-order valence-corrected chi connectivity index (χ4v) is 0.954. The van der Waals surface area contributed by atoms with Crippen molar-refractivity contribution >= 4 is 5.97 Å². The lowest BCUT2D eigenvalue weighted by Crippen LogP contribution is -1.91. The Hall–Kier alpha value is -2.24. The molecule has 0 bridgehead atoms. The first-order valence-electron chi connectivity index (χ1n) is 3.74. The summed E-state index contributed by atoms with van der Waals surface area (Å²) >= 11 is 0. The van der Waals surface area contributed by atoms with Crippen molar-refractivity contribution in [2.24, 2.45) is 0 Å². The molecule has 6 heteroatoms. The van der Waals surface area contributed by atoms with Crippen molar-refractivity contribution in [3.05, 3.63) is 30.3 Å². The highest BCUT2D eigenvalue weighted by Gasteiger charge is 2.11. The molecule has 1 N–H and O–H groups in total. The lowest BCUT2D eigenvalue weighted by Gasteiger charge is -1.89. The van der Waals surface area contributed by atoms with Crippen LogP contribution in [0.2, 0.25) is 0 Å². The molecule has 0 aliphatic carbocycles. The van der Waals surface area contributed by atoms with Gasteiger partial charge in [-0.2, -0.15) is 10.2 Å². The van der Waals surface area contributed by atoms with Crippen molar-refractivity contribution < 1.29 is 14.4 Å². The molecule has 0 unspecified atom stereocenters. The first-order chi connectivity index (χ1) is 6.77. The van der Waals surface area contributed by atoms with Crippen LogP contribution in [0.1, 0.15) is 10.6 Å². The summed E-state index contributed by atoms with van der Waals surface area (Å²) in [6.45, 7) is 0. The second-order valence-electron chi connectivity index (χ2n) is 2.51. The van der Waals surface area contributed by atoms with E-state index in [0.29, 0.717) is 11.3 Å². The second-order valence-corrected chi connectivity index (χ2v) is 2.51. The number of aromatic nitrogens is 3. The molecule has 2 aromatic rings. The van der Waals surface area contributed by atoms with Crippen LogP contribution in [-0.2, 0) is 0 Å². The zero-order valence-electron chi connectivity index (χ0n) is 6.91. The van der Waals surface area contributed by atoms with Gasteiger partial charge in [-0.05, 0) is 6.07 Å². The first-order valence-corrected chi connectivity index (χ1v) is 3.74. The van der Waals surface area contributed by atoms with Crippen molar-refractivity contribution in [2.45, 2.75) is 0 Å². The molecule has 2 rings (SSSR count). The third-order valence-electron chi connectivity index (χ3n) is 1.60. The second kappa shape index (κ2) is 3.25. The largest absolute Gasteiger partial charge is 0.475 e. The molecule has 0 radical (unpaired) electrons. The summed E-state index contributed by atoms with van der Waals surface area (Å²) in [6.07, 6.45) is 2.97. The van der Waals surface area contributed by atoms with Gasteiger partial charge >= 0.3 is 5.97 Å². The smallest absolute Gasteiger partial charge is 0.374 e. The van der Waals surface area contributed by atoms with Crippen LogP contribution >= 0.6 is 0 Å². The van der Waals surface area contributed by atoms with Gasteiger partial charge in [0.25, 0.3) is 0 Å². The topological polar surface area (TPSA) is 89.1 Å². The fourth-order valence-electron chi connectivity index (χ4n) is 0.954. The Balaban J connectivity index is 2.39. The Morgan fingerprint density at radius 2 is 2.29 bits per heavy atom. The predicted molar refractivity (Wildman–Crippen MR) is 44.5 cm³/mol. The molecule has 0 aromatic carbocycles. The van der Waals surface area contributed by atoms with Crippen molar-refractivity contribution in [1.29, 1.82) is 0 Å². The molecule has 0 amide bonds. The summed E-state index contributed by atoms with van der Waals surface area (Å²) in [5.41, 5.74) is 1.09. The molecule has 0 aliphatic rings. The lowest BCUT2D eigenvalue weighted by atomic mass is 10.2. The van der Waals surface area contributed by atoms with Crippen LogP contribution in [0.15, 0.2) is 29.0 Å². The van der Waals surface area contributed by atoms with Gasteiger partial charge in [-0.15, -0.1) is 0 Å². The van der Waals surface area contributed by atoms with Crippen LogP contribution in [0.5, 0.6) is 0 Å². The Labute approximate surface area is 78.2 Å². The van der Waals surface area contributed by atoms with Gasteiger partial charge in [0.1, 0.15) is 5.69 Å². The maximum atomic E-state index is 10.5. The third-order valence-corrected chi connectivity index (χ3v) is 1.60. The van der Waals surface area contributed by atoms with E-state index < -0.39 is 5.97 Å². The standard InChI is InChI=1S/C8H5N3O3/c12-8(13)7-3-6(11-14-7)5-1-2-9-10-4-5/h1-4H,(H,12,13). The molecule has 14 heavy (non-hydrogen) atoms. The molecule has 0 saturated heterocycles. The van der Waals surface area contributed by atoms with Gasteiger partial charge < -0.3 is 9.63 Å². The van der Waals surface area contributed by atoms with E-state index in [9.17, 15) is 4.79 Å². The van der Waals surface area contributed by atoms with E-state index in [1.54, 1.807) is 6.07 Å². The molecular weight excluding hydrogens is 186 g/mol. The average molecular weight is 191 g/mol. The summed E-state index contributed by atoms with van der Waals surface area (Å²) in [4.78, 5) is 10.5. The number of carbonyl (C=O) groups is 1. The highest BCUT2D eigenvalue weighted by molar-refractivity contribution is 5.85. The predicted octanol–water partition coefficient (Wildman–Crippen LogP) is 0.830. The van der Waals surface area contributed by atoms with Crippen LogP contribution in [0.3, 0.4) is 0 Å². The van der Waals surface area contributed by atoms with Gasteiger partial charge in [0.15, 0.2) is 0 Å². The SMILES string of the molecule is O=C(O)c1cc(-c2ccnnc2)no1. The van der Waals surface area contributed by atoms with E-state index in [1.807, 2.05) is 0 Å². The van der Waals surface area contributed by atoms with Crippen LogP contribution in [0, 0.1) is 0 Å². The minimum atomic E-state index is -1.15. The average Bonchev–Trinajstić information content (AvgIpc) is 2.68. The number of nitrogens with zero attached hydrogens (tertiary/aromatic N) is 3. The molecule has 0 fully saturated rings. The number of aromatic carboxylic acids is 1. The molecule has 0 spiro atoms. The number of rotatable bonds is 2. The van der Waals surface area contributed by atoms with Crippen LogP contribution in [0.4, 0.5) is 0 Å². The fraction of sp³-hybridized carbons (Fsp3) is 0. The van der Waals surface area contributed by atoms with E-state index in [4.69, 9.17) is 5.11 Å². The normalized spacial score (nSPS) is 10.0. The van der Waals surface area contributed by atoms with Gasteiger partial charge in [-0.25, -0.2) is 4.79 Å². The Morgan fingerprint density at radius 3 is 2.86 bits per heavy atom. The minimum absolute atomic E-state index is 0.197. The van der Waals surface area contributed by atoms with E-state index in [1.165, 1.54) is 18.5 Å². The van der Waals surface area contributed by atoms with Gasteiger partial charge in [-0.1, -0.05) is 5.16 Å². The van der Waals surface area contributed by atoms with Crippen molar-refractivity contribution in [1.82, 2.24) is 15.4 Å². The molecular formula is C8H5N3O3. The quantitative estimate of drug-likeness (QED) is 0.756. The first kappa shape index (κ1) is 8.36. The summed E-state index contributed by atoms with van der Waals surface area (Å²) in [7, 11) is 0. The van der Waals surface area contributed by atoms with Gasteiger partial charge in [0.05, 0.1) is 12.4 Å². The maximum Gasteiger partial charge on any atom is 0.374 e. The molecule has 0 atom stereocenters. The maximum absolute atomic E-state index is 10.5. The summed E-state index contributed by atoms with van der Waals surface area (Å²) in [5.74, 6) is -1.34. The van der Waals surface area contributed by atoms with E-state index in [0.717, 1.165) is 0 Å². The molecule has 6 nitrogen and oxygen atoms in total. The monoisotopic (exact) mass is 191 g/mol. The highest BCUT2D eigenvalue weighted by Crippen LogP contribution is 2.16. The van der Waals surface area contributed by atoms with Crippen molar-refractivity contribution in [3.8, 4) is 11.3 Å². The summed E-state index contributed by atoms with van der Waals surface area (Å²) in [5, 5.41) is 19.4. The van der Waals surface area contributed by atoms with Crippen LogP contribution < -0.4 is 0 Å². The van der Waals surface area contributed by atoms with E-state index in [2.05, 4.69) is 19.9 Å². The summed E-state index contributed by atoms with van der Waals surface area (Å²) in [6, 6.07) is 3.00. The molecule has 2 heterocycles. The zero-order valence-corrected chi connectivity index (χ0v) is 6.91. The minimum Gasteiger partial charge on any atom is -0.475 e. The molecule has 0 saturated carbocycles. The number of carboxylic acids is 1. The zero-order chi connectivity index (χ0) is 9.97. The Morgan fingerprint density at radius 1 is 1.43 bits per heavy atom. The highest BCUT2D eigenvalue weighted by atomic mass is 16.5. The van der Waals surface area contributed by atoms with Crippen LogP contribution in [0.25, 0.3) is 11.3 Å². The van der Waals surface area contributed by atoms with E-state index >= 15 is 0 Å². The van der Waals surface area contributed by atoms with Gasteiger partial charge in [0.2, 0.25) is 5.76 Å². The third kappa shape index (κ3) is 1.45. The number of hydrogen-bond donors (Lipinski definition) is 1. The van der Waals surface area contributed by atoms with Gasteiger partial charge in [-0.3, -0.25) is 0 Å². The van der Waals surface area contributed by atoms with Crippen LogP contribution in [-0.4, -0.2) is 26.4 Å². The van der Waals surface area contributed by atoms with Crippen molar-refractivity contribution in [3.63, 3.8) is 0 Å². The molecule has 2 aromatic heterocycles. The number of hydrogen-bond acceptors (Lipinski definition) is 5. The van der Waals surface area contributed by atoms with Crippen molar-refractivity contribution in [2.75, 3.05) is 0 Å². The summed E-state index contributed by atoms with van der Waals surface area (Å²) < 4.78 is 4.58. The Kier molecular flexibility index (Phi) is 1.94. The van der Waals surface area contributed by atoms with E-state index in [-0.39, 0.29) is 5.76 Å².